The standard InChI is InChI=1S/C31H30ClF4N7O2/c1-18(33)29(44)43-12-11-42(14-21(43)7-9-37)28-22-8-10-41(25-4-2-3-19-5-6-23(34)27(32)26(19)25)15-24(22)39-30(40-28)45-16-20-13-31(35,36)17-38-20/h2-6,20-21,38H,1,7-8,10-17H2/t20-,21-/m0/s1. The van der Waals surface area contributed by atoms with Crippen LogP contribution in [0.5, 0.6) is 6.01 Å². The number of carbonyl (C=O) groups is 1. The van der Waals surface area contributed by atoms with Crippen molar-refractivity contribution >= 4 is 39.8 Å². The van der Waals surface area contributed by atoms with Crippen LogP contribution in [-0.2, 0) is 17.8 Å². The van der Waals surface area contributed by atoms with Crippen molar-refractivity contribution in [2.45, 2.75) is 43.8 Å². The van der Waals surface area contributed by atoms with Crippen molar-refractivity contribution < 1.29 is 27.1 Å². The summed E-state index contributed by atoms with van der Waals surface area (Å²) in [6.07, 6.45) is 0.0938. The maximum absolute atomic E-state index is 14.5. The van der Waals surface area contributed by atoms with Crippen LogP contribution >= 0.6 is 11.6 Å². The molecular weight excluding hydrogens is 614 g/mol. The van der Waals surface area contributed by atoms with E-state index in [1.165, 1.54) is 11.0 Å². The van der Waals surface area contributed by atoms with Gasteiger partial charge in [-0.2, -0.15) is 15.2 Å². The molecule has 1 aromatic heterocycles. The zero-order chi connectivity index (χ0) is 31.9. The number of halogens is 5. The van der Waals surface area contributed by atoms with E-state index in [1.807, 2.05) is 28.0 Å². The van der Waals surface area contributed by atoms with E-state index in [0.717, 1.165) is 16.6 Å². The van der Waals surface area contributed by atoms with Gasteiger partial charge < -0.3 is 24.8 Å². The number of benzene rings is 2. The number of anilines is 2. The predicted octanol–water partition coefficient (Wildman–Crippen LogP) is 4.78. The Morgan fingerprint density at radius 2 is 2.02 bits per heavy atom. The van der Waals surface area contributed by atoms with Crippen LogP contribution in [0.2, 0.25) is 5.02 Å². The molecule has 0 unspecified atom stereocenters. The SMILES string of the molecule is C=C(F)C(=O)N1CCN(c2nc(OC[C@@H]3CC(F)(F)CN3)nc3c2CCN(c2cccc4ccc(F)c(Cl)c24)C3)C[C@@H]1CC#N. The first-order valence-electron chi connectivity index (χ1n) is 14.6. The van der Waals surface area contributed by atoms with Crippen LogP contribution in [0.1, 0.15) is 24.1 Å². The van der Waals surface area contributed by atoms with E-state index >= 15 is 0 Å². The Morgan fingerprint density at radius 1 is 1.20 bits per heavy atom. The summed E-state index contributed by atoms with van der Waals surface area (Å²) in [5.41, 5.74) is 2.19. The molecular formula is C31H30ClF4N7O2. The molecule has 2 aromatic carbocycles. The van der Waals surface area contributed by atoms with Gasteiger partial charge in [0.25, 0.3) is 11.8 Å². The molecule has 2 fully saturated rings. The number of hydrogen-bond acceptors (Lipinski definition) is 8. The van der Waals surface area contributed by atoms with Gasteiger partial charge in [0.1, 0.15) is 18.2 Å². The number of aromatic nitrogens is 2. The molecule has 9 nitrogen and oxygen atoms in total. The molecule has 0 saturated carbocycles. The van der Waals surface area contributed by atoms with Crippen molar-refractivity contribution in [2.75, 3.05) is 49.1 Å². The lowest BCUT2D eigenvalue weighted by atomic mass is 10.0. The number of nitrogens with zero attached hydrogens (tertiary/aromatic N) is 6. The summed E-state index contributed by atoms with van der Waals surface area (Å²) in [5.74, 6) is -4.77. The molecule has 0 radical (unpaired) electrons. The van der Waals surface area contributed by atoms with E-state index in [2.05, 4.69) is 22.9 Å². The number of piperazine rings is 1. The summed E-state index contributed by atoms with van der Waals surface area (Å²) in [6.45, 7) is 4.06. The van der Waals surface area contributed by atoms with Crippen LogP contribution in [-0.4, -0.2) is 78.1 Å². The number of nitriles is 1. The second-order valence-corrected chi connectivity index (χ2v) is 11.9. The fourth-order valence-electron chi connectivity index (χ4n) is 6.32. The number of alkyl halides is 2. The van der Waals surface area contributed by atoms with Crippen molar-refractivity contribution in [3.8, 4) is 12.1 Å². The highest BCUT2D eigenvalue weighted by atomic mass is 35.5. The van der Waals surface area contributed by atoms with E-state index < -0.39 is 42.1 Å². The third-order valence-corrected chi connectivity index (χ3v) is 8.86. The summed E-state index contributed by atoms with van der Waals surface area (Å²) < 4.78 is 61.7. The molecule has 1 amide bonds. The second-order valence-electron chi connectivity index (χ2n) is 11.5. The first kappa shape index (κ1) is 30.9. The zero-order valence-corrected chi connectivity index (χ0v) is 25.0. The maximum Gasteiger partial charge on any atom is 0.318 e. The Kier molecular flexibility index (Phi) is 8.45. The van der Waals surface area contributed by atoms with E-state index in [0.29, 0.717) is 43.0 Å². The first-order valence-corrected chi connectivity index (χ1v) is 14.9. The second kappa shape index (κ2) is 12.3. The first-order chi connectivity index (χ1) is 21.5. The number of fused-ring (bicyclic) bond motifs is 2. The molecule has 0 aliphatic carbocycles. The summed E-state index contributed by atoms with van der Waals surface area (Å²) in [5, 5.41) is 13.6. The van der Waals surface area contributed by atoms with Crippen molar-refractivity contribution in [3.63, 3.8) is 0 Å². The largest absolute Gasteiger partial charge is 0.462 e. The van der Waals surface area contributed by atoms with E-state index in [9.17, 15) is 27.6 Å². The number of hydrogen-bond donors (Lipinski definition) is 1. The quantitative estimate of drug-likeness (QED) is 0.291. The minimum Gasteiger partial charge on any atom is -0.462 e. The topological polar surface area (TPSA) is 97.6 Å². The third-order valence-electron chi connectivity index (χ3n) is 8.49. The fourth-order valence-corrected chi connectivity index (χ4v) is 6.59. The van der Waals surface area contributed by atoms with Crippen molar-refractivity contribution in [1.29, 1.82) is 5.26 Å². The minimum atomic E-state index is -2.83. The van der Waals surface area contributed by atoms with Crippen LogP contribution < -0.4 is 19.9 Å². The van der Waals surface area contributed by atoms with E-state index in [-0.39, 0.29) is 43.6 Å². The van der Waals surface area contributed by atoms with Crippen LogP contribution in [0.3, 0.4) is 0 Å². The van der Waals surface area contributed by atoms with Gasteiger partial charge >= 0.3 is 6.01 Å². The Bertz CT molecular complexity index is 1700. The van der Waals surface area contributed by atoms with Crippen molar-refractivity contribution in [2.24, 2.45) is 0 Å². The van der Waals surface area contributed by atoms with E-state index in [1.54, 1.807) is 6.07 Å². The summed E-state index contributed by atoms with van der Waals surface area (Å²) in [4.78, 5) is 27.1. The average Bonchev–Trinajstić information content (AvgIpc) is 3.38. The molecule has 0 bridgehead atoms. The van der Waals surface area contributed by atoms with Crippen LogP contribution in [0, 0.1) is 17.1 Å². The Morgan fingerprint density at radius 3 is 2.76 bits per heavy atom. The number of rotatable bonds is 7. The number of amides is 1. The van der Waals surface area contributed by atoms with Crippen LogP contribution in [0.4, 0.5) is 29.1 Å². The lowest BCUT2D eigenvalue weighted by molar-refractivity contribution is -0.131. The highest BCUT2D eigenvalue weighted by molar-refractivity contribution is 6.36. The Balaban J connectivity index is 1.34. The lowest BCUT2D eigenvalue weighted by Gasteiger charge is -2.42. The summed E-state index contributed by atoms with van der Waals surface area (Å²) in [6, 6.07) is 9.46. The molecule has 236 valence electrons. The smallest absolute Gasteiger partial charge is 0.318 e. The van der Waals surface area contributed by atoms with Gasteiger partial charge in [-0.05, 0) is 23.9 Å². The van der Waals surface area contributed by atoms with Gasteiger partial charge in [-0.15, -0.1) is 0 Å². The zero-order valence-electron chi connectivity index (χ0n) is 24.2. The molecule has 2 atom stereocenters. The van der Waals surface area contributed by atoms with Gasteiger partial charge in [0.2, 0.25) is 0 Å². The average molecular weight is 644 g/mol. The lowest BCUT2D eigenvalue weighted by Crippen LogP contribution is -2.55. The summed E-state index contributed by atoms with van der Waals surface area (Å²) in [7, 11) is 0. The highest BCUT2D eigenvalue weighted by Gasteiger charge is 2.40. The molecule has 3 aliphatic rings. The van der Waals surface area contributed by atoms with Gasteiger partial charge in [-0.25, -0.2) is 17.6 Å². The highest BCUT2D eigenvalue weighted by Crippen LogP contribution is 2.38. The maximum atomic E-state index is 14.5. The van der Waals surface area contributed by atoms with Gasteiger partial charge in [-0.1, -0.05) is 36.4 Å². The molecule has 45 heavy (non-hydrogen) atoms. The number of carbonyl (C=O) groups excluding carboxylic acids is 1. The number of ether oxygens (including phenoxy) is 1. The molecule has 4 heterocycles. The van der Waals surface area contributed by atoms with E-state index in [4.69, 9.17) is 21.3 Å². The minimum absolute atomic E-state index is 0.00270. The molecule has 3 aromatic rings. The third kappa shape index (κ3) is 6.21. The molecule has 6 rings (SSSR count). The molecule has 2 saturated heterocycles. The molecule has 14 heteroatoms. The van der Waals surface area contributed by atoms with Crippen molar-refractivity contribution in [1.82, 2.24) is 20.2 Å². The van der Waals surface area contributed by atoms with Gasteiger partial charge in [0, 0.05) is 55.3 Å². The fraction of sp³-hybridized carbons (Fsp3) is 0.419. The van der Waals surface area contributed by atoms with Crippen molar-refractivity contribution in [3.05, 3.63) is 64.8 Å². The predicted molar refractivity (Wildman–Crippen MR) is 161 cm³/mol. The van der Waals surface area contributed by atoms with Crippen LogP contribution in [0.25, 0.3) is 10.8 Å². The monoisotopic (exact) mass is 643 g/mol. The Labute approximate surface area is 262 Å². The normalized spacial score (nSPS) is 21.0. The van der Waals surface area contributed by atoms with Gasteiger partial charge in [-0.3, -0.25) is 4.79 Å². The van der Waals surface area contributed by atoms with Crippen LogP contribution in [0.15, 0.2) is 42.7 Å². The number of nitrogens with one attached hydrogen (secondary N) is 1. The molecule has 0 spiro atoms. The summed E-state index contributed by atoms with van der Waals surface area (Å²) >= 11 is 6.43. The molecule has 3 aliphatic heterocycles. The van der Waals surface area contributed by atoms with Gasteiger partial charge in [0.05, 0.1) is 42.3 Å². The molecule has 1 N–H and O–H groups in total. The Hall–Kier alpha value is -4.15. The van der Waals surface area contributed by atoms with Gasteiger partial charge in [0.15, 0.2) is 5.83 Å².